The van der Waals surface area contributed by atoms with Crippen LogP contribution in [0.25, 0.3) is 10.9 Å². The molecule has 0 saturated carbocycles. The van der Waals surface area contributed by atoms with Crippen LogP contribution in [-0.2, 0) is 6.42 Å². The van der Waals surface area contributed by atoms with Crippen LogP contribution in [0.15, 0.2) is 18.2 Å². The predicted octanol–water partition coefficient (Wildman–Crippen LogP) is 2.14. The average Bonchev–Trinajstić information content (AvgIpc) is 2.48. The Kier molecular flexibility index (Phi) is 1.65. The number of phenols is 2. The van der Waals surface area contributed by atoms with Crippen molar-refractivity contribution in [2.45, 2.75) is 13.3 Å². The van der Waals surface area contributed by atoms with Crippen molar-refractivity contribution in [2.24, 2.45) is 0 Å². The molecule has 2 aromatic rings. The van der Waals surface area contributed by atoms with E-state index >= 15 is 0 Å². The van der Waals surface area contributed by atoms with E-state index in [2.05, 4.69) is 4.98 Å². The topological polar surface area (TPSA) is 56.2 Å². The quantitative estimate of drug-likeness (QED) is 0.584. The minimum absolute atomic E-state index is 0.0749. The molecule has 2 rings (SSSR count). The van der Waals surface area contributed by atoms with Crippen molar-refractivity contribution >= 4 is 10.9 Å². The summed E-state index contributed by atoms with van der Waals surface area (Å²) >= 11 is 0. The van der Waals surface area contributed by atoms with E-state index in [1.807, 2.05) is 13.0 Å². The fourth-order valence-electron chi connectivity index (χ4n) is 1.41. The Bertz CT molecular complexity index is 406. The first-order valence-electron chi connectivity index (χ1n) is 4.24. The summed E-state index contributed by atoms with van der Waals surface area (Å²) in [5.41, 5.74) is 1.95. The van der Waals surface area contributed by atoms with Crippen LogP contribution in [0.2, 0.25) is 0 Å². The number of aryl methyl sites for hydroxylation is 1. The van der Waals surface area contributed by atoms with Crippen LogP contribution in [0.3, 0.4) is 0 Å². The van der Waals surface area contributed by atoms with Gasteiger partial charge in [-0.25, -0.2) is 0 Å². The lowest BCUT2D eigenvalue weighted by Gasteiger charge is -1.95. The second-order valence-electron chi connectivity index (χ2n) is 3.08. The fraction of sp³-hybridized carbons (Fsp3) is 0.200. The number of phenolic OH excluding ortho intramolecular Hbond substituents is 2. The monoisotopic (exact) mass is 177 g/mol. The number of H-pyrrole nitrogens is 1. The lowest BCUT2D eigenvalue weighted by molar-refractivity contribution is 0.405. The summed E-state index contributed by atoms with van der Waals surface area (Å²) in [5, 5.41) is 19.4. The zero-order valence-electron chi connectivity index (χ0n) is 7.33. The molecule has 13 heavy (non-hydrogen) atoms. The van der Waals surface area contributed by atoms with Crippen LogP contribution >= 0.6 is 0 Å². The van der Waals surface area contributed by atoms with E-state index in [0.717, 1.165) is 23.0 Å². The van der Waals surface area contributed by atoms with E-state index in [1.165, 1.54) is 6.07 Å². The van der Waals surface area contributed by atoms with Crippen LogP contribution in [0.1, 0.15) is 12.6 Å². The molecule has 0 saturated heterocycles. The van der Waals surface area contributed by atoms with Crippen molar-refractivity contribution < 1.29 is 10.2 Å². The molecule has 0 aliphatic heterocycles. The molecule has 0 atom stereocenters. The van der Waals surface area contributed by atoms with Crippen LogP contribution in [0.4, 0.5) is 0 Å². The highest BCUT2D eigenvalue weighted by atomic mass is 16.3. The smallest absolute Gasteiger partial charge is 0.159 e. The van der Waals surface area contributed by atoms with Crippen molar-refractivity contribution in [2.75, 3.05) is 0 Å². The summed E-state index contributed by atoms with van der Waals surface area (Å²) in [6.45, 7) is 2.05. The van der Waals surface area contributed by atoms with Gasteiger partial charge in [-0.1, -0.05) is 6.92 Å². The van der Waals surface area contributed by atoms with E-state index < -0.39 is 0 Å². The van der Waals surface area contributed by atoms with Gasteiger partial charge in [-0.15, -0.1) is 0 Å². The van der Waals surface area contributed by atoms with Crippen molar-refractivity contribution in [1.29, 1.82) is 0 Å². The Hall–Kier alpha value is -1.64. The number of rotatable bonds is 1. The van der Waals surface area contributed by atoms with E-state index in [1.54, 1.807) is 6.07 Å². The van der Waals surface area contributed by atoms with Crippen molar-refractivity contribution in [3.63, 3.8) is 0 Å². The highest BCUT2D eigenvalue weighted by Gasteiger charge is 2.04. The lowest BCUT2D eigenvalue weighted by atomic mass is 10.2. The van der Waals surface area contributed by atoms with Gasteiger partial charge in [0.05, 0.1) is 0 Å². The first-order chi connectivity index (χ1) is 6.20. The molecule has 0 fully saturated rings. The van der Waals surface area contributed by atoms with Crippen LogP contribution in [-0.4, -0.2) is 15.2 Å². The zero-order chi connectivity index (χ0) is 9.42. The standard InChI is InChI=1S/C10H11NO2/c1-2-7-3-6-4-9(12)10(13)5-8(6)11-7/h3-5,11-13H,2H2,1H3. The Morgan fingerprint density at radius 1 is 1.15 bits per heavy atom. The summed E-state index contributed by atoms with van der Waals surface area (Å²) < 4.78 is 0. The summed E-state index contributed by atoms with van der Waals surface area (Å²) in [6.07, 6.45) is 0.913. The number of nitrogens with one attached hydrogen (secondary N) is 1. The van der Waals surface area contributed by atoms with Gasteiger partial charge in [0, 0.05) is 22.7 Å². The summed E-state index contributed by atoms with van der Waals surface area (Å²) in [5.74, 6) is -0.161. The first kappa shape index (κ1) is 7.98. The van der Waals surface area contributed by atoms with E-state index in [4.69, 9.17) is 0 Å². The van der Waals surface area contributed by atoms with Gasteiger partial charge in [0.15, 0.2) is 11.5 Å². The molecule has 68 valence electrons. The molecular weight excluding hydrogens is 166 g/mol. The van der Waals surface area contributed by atoms with Crippen molar-refractivity contribution in [3.05, 3.63) is 23.9 Å². The van der Waals surface area contributed by atoms with Crippen LogP contribution in [0.5, 0.6) is 11.5 Å². The minimum atomic E-state index is -0.0861. The van der Waals surface area contributed by atoms with Crippen molar-refractivity contribution in [3.8, 4) is 11.5 Å². The van der Waals surface area contributed by atoms with Gasteiger partial charge < -0.3 is 15.2 Å². The lowest BCUT2D eigenvalue weighted by Crippen LogP contribution is -1.75. The van der Waals surface area contributed by atoms with Gasteiger partial charge >= 0.3 is 0 Å². The normalized spacial score (nSPS) is 10.8. The molecule has 0 spiro atoms. The fourth-order valence-corrected chi connectivity index (χ4v) is 1.41. The molecule has 0 aliphatic rings. The van der Waals surface area contributed by atoms with Gasteiger partial charge in [-0.05, 0) is 18.6 Å². The van der Waals surface area contributed by atoms with Gasteiger partial charge in [0.25, 0.3) is 0 Å². The first-order valence-corrected chi connectivity index (χ1v) is 4.24. The van der Waals surface area contributed by atoms with Gasteiger partial charge in [0.2, 0.25) is 0 Å². The summed E-state index contributed by atoms with van der Waals surface area (Å²) in [6, 6.07) is 5.05. The molecule has 0 unspecified atom stereocenters. The van der Waals surface area contributed by atoms with Crippen LogP contribution < -0.4 is 0 Å². The Balaban J connectivity index is 2.70. The number of benzene rings is 1. The largest absolute Gasteiger partial charge is 0.504 e. The predicted molar refractivity (Wildman–Crippen MR) is 51.0 cm³/mol. The Labute approximate surface area is 75.6 Å². The molecular formula is C10H11NO2. The molecule has 3 N–H and O–H groups in total. The molecule has 1 aromatic heterocycles. The maximum absolute atomic E-state index is 9.24. The highest BCUT2D eigenvalue weighted by Crippen LogP contribution is 2.30. The number of aromatic hydroxyl groups is 2. The number of fused-ring (bicyclic) bond motifs is 1. The molecule has 0 radical (unpaired) electrons. The highest BCUT2D eigenvalue weighted by molar-refractivity contribution is 5.83. The van der Waals surface area contributed by atoms with E-state index in [9.17, 15) is 10.2 Å². The molecule has 1 aromatic carbocycles. The average molecular weight is 177 g/mol. The third-order valence-corrected chi connectivity index (χ3v) is 2.15. The Morgan fingerprint density at radius 3 is 2.54 bits per heavy atom. The van der Waals surface area contributed by atoms with Gasteiger partial charge in [-0.2, -0.15) is 0 Å². The second-order valence-corrected chi connectivity index (χ2v) is 3.08. The number of hydrogen-bond donors (Lipinski definition) is 3. The number of aromatic nitrogens is 1. The third kappa shape index (κ3) is 1.22. The maximum atomic E-state index is 9.24. The molecule has 3 heteroatoms. The number of aromatic amines is 1. The molecule has 0 bridgehead atoms. The van der Waals surface area contributed by atoms with E-state index in [0.29, 0.717) is 0 Å². The minimum Gasteiger partial charge on any atom is -0.504 e. The summed E-state index contributed by atoms with van der Waals surface area (Å²) in [4.78, 5) is 3.14. The van der Waals surface area contributed by atoms with Crippen LogP contribution in [0, 0.1) is 0 Å². The zero-order valence-corrected chi connectivity index (χ0v) is 7.33. The molecule has 1 heterocycles. The third-order valence-electron chi connectivity index (χ3n) is 2.15. The van der Waals surface area contributed by atoms with Gasteiger partial charge in [0.1, 0.15) is 0 Å². The number of hydrogen-bond acceptors (Lipinski definition) is 2. The Morgan fingerprint density at radius 2 is 1.85 bits per heavy atom. The van der Waals surface area contributed by atoms with Gasteiger partial charge in [-0.3, -0.25) is 0 Å². The molecule has 3 nitrogen and oxygen atoms in total. The molecule has 0 amide bonds. The van der Waals surface area contributed by atoms with E-state index in [-0.39, 0.29) is 11.5 Å². The SMILES string of the molecule is CCc1cc2cc(O)c(O)cc2[nH]1. The summed E-state index contributed by atoms with van der Waals surface area (Å²) in [7, 11) is 0. The molecule has 0 aliphatic carbocycles. The second kappa shape index (κ2) is 2.69. The maximum Gasteiger partial charge on any atom is 0.159 e. The van der Waals surface area contributed by atoms with Crippen molar-refractivity contribution in [1.82, 2.24) is 4.98 Å².